The first-order valence-corrected chi connectivity index (χ1v) is 13.2. The van der Waals surface area contributed by atoms with E-state index in [0.717, 1.165) is 75.1 Å². The topological polar surface area (TPSA) is 103 Å². The zero-order chi connectivity index (χ0) is 23.4. The Morgan fingerprint density at radius 2 is 1.77 bits per heavy atom. The fourth-order valence-corrected chi connectivity index (χ4v) is 6.33. The van der Waals surface area contributed by atoms with Crippen molar-refractivity contribution in [1.82, 2.24) is 24.8 Å². The number of hydrogen-bond acceptors (Lipinski definition) is 8. The van der Waals surface area contributed by atoms with Gasteiger partial charge in [-0.3, -0.25) is 0 Å². The minimum absolute atomic E-state index is 0.00637. The monoisotopic (exact) mass is 474 g/mol. The third kappa shape index (κ3) is 3.81. The molecule has 2 aromatic heterocycles. The lowest BCUT2D eigenvalue weighted by atomic mass is 9.74. The van der Waals surface area contributed by atoms with Crippen LogP contribution in [0, 0.1) is 5.41 Å². The van der Waals surface area contributed by atoms with Crippen molar-refractivity contribution in [2.75, 3.05) is 41.7 Å². The second-order valence-electron chi connectivity index (χ2n) is 11.0. The summed E-state index contributed by atoms with van der Waals surface area (Å²) in [4.78, 5) is 16.9. The molecule has 184 valence electrons. The Morgan fingerprint density at radius 3 is 2.46 bits per heavy atom. The number of aromatic nitrogens is 4. The number of imidazole rings is 1. The Bertz CT molecular complexity index is 1210. The predicted molar refractivity (Wildman–Crippen MR) is 137 cm³/mol. The maximum atomic E-state index is 10.3. The molecule has 0 bridgehead atoms. The molecule has 9 heteroatoms. The predicted octanol–water partition coefficient (Wildman–Crippen LogP) is 3.42. The van der Waals surface area contributed by atoms with Crippen molar-refractivity contribution in [2.24, 2.45) is 5.41 Å². The summed E-state index contributed by atoms with van der Waals surface area (Å²) in [5, 5.41) is 20.7. The maximum Gasteiger partial charge on any atom is 0.227 e. The molecule has 35 heavy (non-hydrogen) atoms. The SMILES string of the molecule is OC1CCCC1Nc1nc(Nc2ccc(N3CC4(CNC4)C3)cc2)c2ncn(C3CCCC3)c2n1. The van der Waals surface area contributed by atoms with Gasteiger partial charge in [0.2, 0.25) is 5.95 Å². The molecule has 4 heterocycles. The fraction of sp³-hybridized carbons (Fsp3) is 0.577. The molecular formula is C26H34N8O. The van der Waals surface area contributed by atoms with Gasteiger partial charge in [0.25, 0.3) is 0 Å². The lowest BCUT2D eigenvalue weighted by molar-refractivity contribution is 0.121. The normalized spacial score (nSPS) is 25.7. The summed E-state index contributed by atoms with van der Waals surface area (Å²) in [6.45, 7) is 4.57. The second kappa shape index (κ2) is 8.34. The summed E-state index contributed by atoms with van der Waals surface area (Å²) in [7, 11) is 0. The Balaban J connectivity index is 1.17. The minimum atomic E-state index is -0.352. The summed E-state index contributed by atoms with van der Waals surface area (Å²) >= 11 is 0. The molecule has 2 unspecified atom stereocenters. The Hall–Kier alpha value is -2.91. The Kier molecular flexibility index (Phi) is 5.10. The van der Waals surface area contributed by atoms with Crippen molar-refractivity contribution < 1.29 is 5.11 Å². The summed E-state index contributed by atoms with van der Waals surface area (Å²) in [5.41, 5.74) is 4.42. The number of nitrogens with zero attached hydrogens (tertiary/aromatic N) is 5. The molecule has 2 aliphatic carbocycles. The molecule has 0 amide bonds. The summed E-state index contributed by atoms with van der Waals surface area (Å²) < 4.78 is 2.23. The molecule has 3 aromatic rings. The molecule has 4 N–H and O–H groups in total. The minimum Gasteiger partial charge on any atom is -0.391 e. The van der Waals surface area contributed by atoms with Gasteiger partial charge in [-0.2, -0.15) is 9.97 Å². The third-order valence-electron chi connectivity index (χ3n) is 8.48. The summed E-state index contributed by atoms with van der Waals surface area (Å²) in [5.74, 6) is 1.26. The van der Waals surface area contributed by atoms with Crippen molar-refractivity contribution in [1.29, 1.82) is 0 Å². The second-order valence-corrected chi connectivity index (χ2v) is 11.0. The molecule has 4 fully saturated rings. The number of rotatable bonds is 6. The van der Waals surface area contributed by atoms with Crippen LogP contribution in [-0.4, -0.2) is 63.0 Å². The van der Waals surface area contributed by atoms with Gasteiger partial charge < -0.3 is 30.5 Å². The van der Waals surface area contributed by atoms with Crippen LogP contribution in [-0.2, 0) is 0 Å². The fourth-order valence-electron chi connectivity index (χ4n) is 6.33. The van der Waals surface area contributed by atoms with Crippen LogP contribution in [0.15, 0.2) is 30.6 Å². The van der Waals surface area contributed by atoms with E-state index in [2.05, 4.69) is 49.7 Å². The van der Waals surface area contributed by atoms with E-state index in [1.165, 1.54) is 18.5 Å². The van der Waals surface area contributed by atoms with Gasteiger partial charge >= 0.3 is 0 Å². The van der Waals surface area contributed by atoms with Gasteiger partial charge in [-0.05, 0) is 56.4 Å². The number of nitrogens with one attached hydrogen (secondary N) is 3. The number of anilines is 4. The zero-order valence-corrected chi connectivity index (χ0v) is 20.1. The van der Waals surface area contributed by atoms with E-state index < -0.39 is 0 Å². The number of benzene rings is 1. The highest BCUT2D eigenvalue weighted by molar-refractivity contribution is 5.86. The molecule has 9 nitrogen and oxygen atoms in total. The highest BCUT2D eigenvalue weighted by atomic mass is 16.3. The smallest absolute Gasteiger partial charge is 0.227 e. The first kappa shape index (κ1) is 21.4. The van der Waals surface area contributed by atoms with Crippen molar-refractivity contribution in [3.8, 4) is 0 Å². The molecule has 2 saturated heterocycles. The highest BCUT2D eigenvalue weighted by Gasteiger charge is 2.47. The van der Waals surface area contributed by atoms with Crippen molar-refractivity contribution >= 4 is 34.3 Å². The Morgan fingerprint density at radius 1 is 0.971 bits per heavy atom. The van der Waals surface area contributed by atoms with Crippen molar-refractivity contribution in [2.45, 2.75) is 63.1 Å². The average molecular weight is 475 g/mol. The van der Waals surface area contributed by atoms with Crippen LogP contribution in [0.3, 0.4) is 0 Å². The van der Waals surface area contributed by atoms with E-state index >= 15 is 0 Å². The van der Waals surface area contributed by atoms with Crippen LogP contribution in [0.25, 0.3) is 11.2 Å². The molecule has 2 aliphatic heterocycles. The van der Waals surface area contributed by atoms with E-state index in [1.807, 2.05) is 6.33 Å². The van der Waals surface area contributed by atoms with E-state index in [1.54, 1.807) is 0 Å². The van der Waals surface area contributed by atoms with Crippen LogP contribution < -0.4 is 20.9 Å². The van der Waals surface area contributed by atoms with Crippen LogP contribution in [0.4, 0.5) is 23.1 Å². The van der Waals surface area contributed by atoms with Gasteiger partial charge in [-0.25, -0.2) is 4.98 Å². The number of fused-ring (bicyclic) bond motifs is 1. The van der Waals surface area contributed by atoms with Crippen molar-refractivity contribution in [3.63, 3.8) is 0 Å². The van der Waals surface area contributed by atoms with E-state index in [4.69, 9.17) is 15.0 Å². The lowest BCUT2D eigenvalue weighted by Gasteiger charge is -2.57. The van der Waals surface area contributed by atoms with Crippen LogP contribution in [0.5, 0.6) is 0 Å². The molecular weight excluding hydrogens is 440 g/mol. The maximum absolute atomic E-state index is 10.3. The molecule has 7 rings (SSSR count). The molecule has 4 aliphatic rings. The average Bonchev–Trinajstić information content (AvgIpc) is 3.55. The molecule has 2 atom stereocenters. The van der Waals surface area contributed by atoms with E-state index in [0.29, 0.717) is 23.2 Å². The zero-order valence-electron chi connectivity index (χ0n) is 20.1. The highest BCUT2D eigenvalue weighted by Crippen LogP contribution is 2.38. The number of aliphatic hydroxyl groups is 1. The van der Waals surface area contributed by atoms with Gasteiger partial charge in [0.05, 0.1) is 18.5 Å². The number of aliphatic hydroxyl groups excluding tert-OH is 1. The van der Waals surface area contributed by atoms with Crippen LogP contribution >= 0.6 is 0 Å². The standard InChI is InChI=1S/C26H34N8O/c35-21-7-3-6-20(21)30-25-31-23(22-24(32-25)34(16-28-22)19-4-1-2-5-19)29-17-8-10-18(11-9-17)33-14-26(15-33)12-27-13-26/h8-11,16,19-21,27,35H,1-7,12-15H2,(H2,29,30,31,32). The summed E-state index contributed by atoms with van der Waals surface area (Å²) in [6, 6.07) is 9.05. The molecule has 1 aromatic carbocycles. The summed E-state index contributed by atoms with van der Waals surface area (Å²) in [6.07, 6.45) is 9.18. The molecule has 2 saturated carbocycles. The lowest BCUT2D eigenvalue weighted by Crippen LogP contribution is -2.71. The largest absolute Gasteiger partial charge is 0.391 e. The molecule has 1 spiro atoms. The quantitative estimate of drug-likeness (QED) is 0.431. The first-order chi connectivity index (χ1) is 17.2. The van der Waals surface area contributed by atoms with Gasteiger partial charge in [-0.1, -0.05) is 12.8 Å². The number of hydrogen-bond donors (Lipinski definition) is 4. The van der Waals surface area contributed by atoms with Crippen LogP contribution in [0.2, 0.25) is 0 Å². The third-order valence-corrected chi connectivity index (χ3v) is 8.48. The van der Waals surface area contributed by atoms with Crippen molar-refractivity contribution in [3.05, 3.63) is 30.6 Å². The van der Waals surface area contributed by atoms with Gasteiger partial charge in [-0.15, -0.1) is 0 Å². The molecule has 0 radical (unpaired) electrons. The Labute approximate surface area is 205 Å². The van der Waals surface area contributed by atoms with Gasteiger partial charge in [0.1, 0.15) is 0 Å². The van der Waals surface area contributed by atoms with E-state index in [-0.39, 0.29) is 12.1 Å². The first-order valence-electron chi connectivity index (χ1n) is 13.2. The van der Waals surface area contributed by atoms with Gasteiger partial charge in [0, 0.05) is 49.0 Å². The van der Waals surface area contributed by atoms with E-state index in [9.17, 15) is 5.11 Å². The van der Waals surface area contributed by atoms with Gasteiger partial charge in [0.15, 0.2) is 17.0 Å². The van der Waals surface area contributed by atoms with Crippen LogP contribution in [0.1, 0.15) is 51.0 Å².